The molecule has 0 unspecified atom stereocenters. The minimum Gasteiger partial charge on any atom is -0.237 e. The van der Waals surface area contributed by atoms with Crippen molar-refractivity contribution in [2.75, 3.05) is 0 Å². The molecule has 26 heavy (non-hydrogen) atoms. The van der Waals surface area contributed by atoms with Crippen LogP contribution in [0.3, 0.4) is 0 Å². The third kappa shape index (κ3) is 2.35. The van der Waals surface area contributed by atoms with Gasteiger partial charge in [0.25, 0.3) is 0 Å². The van der Waals surface area contributed by atoms with E-state index >= 15 is 0 Å². The molecule has 2 heteroatoms. The number of rotatable bonds is 2. The van der Waals surface area contributed by atoms with Gasteiger partial charge in [0.2, 0.25) is 0 Å². The third-order valence-electron chi connectivity index (χ3n) is 4.79. The predicted octanol–water partition coefficient (Wildman–Crippen LogP) is 6.12. The van der Waals surface area contributed by atoms with Crippen LogP contribution in [0.15, 0.2) is 97.3 Å². The van der Waals surface area contributed by atoms with Crippen molar-refractivity contribution in [2.45, 2.75) is 0 Å². The van der Waals surface area contributed by atoms with E-state index in [0.717, 1.165) is 11.4 Å². The Morgan fingerprint density at radius 1 is 0.462 bits per heavy atom. The van der Waals surface area contributed by atoms with Crippen LogP contribution in [0.5, 0.6) is 0 Å². The van der Waals surface area contributed by atoms with Gasteiger partial charge in [-0.2, -0.15) is 0 Å². The fourth-order valence-electron chi connectivity index (χ4n) is 3.63. The minimum atomic E-state index is 0.751. The van der Waals surface area contributed by atoms with E-state index in [1.807, 2.05) is 6.07 Å². The molecule has 5 aromatic rings. The van der Waals surface area contributed by atoms with E-state index < -0.39 is 0 Å². The Balaban J connectivity index is 1.94. The van der Waals surface area contributed by atoms with Gasteiger partial charge in [0, 0.05) is 23.5 Å². The van der Waals surface area contributed by atoms with Crippen LogP contribution in [0.25, 0.3) is 44.1 Å². The second kappa shape index (κ2) is 6.08. The lowest BCUT2D eigenvalue weighted by Gasteiger charge is -2.15. The lowest BCUT2D eigenvalue weighted by atomic mass is 9.90. The summed E-state index contributed by atoms with van der Waals surface area (Å²) in [5.41, 5.74) is 3.45. The molecule has 0 spiro atoms. The molecule has 1 aromatic heterocycles. The molecule has 0 aliphatic rings. The van der Waals surface area contributed by atoms with E-state index in [1.54, 1.807) is 12.4 Å². The molecular weight excluding hydrogens is 316 g/mol. The van der Waals surface area contributed by atoms with Crippen molar-refractivity contribution in [1.29, 1.82) is 0 Å². The first-order valence-electron chi connectivity index (χ1n) is 8.69. The first-order chi connectivity index (χ1) is 12.9. The minimum absolute atomic E-state index is 0.751. The van der Waals surface area contributed by atoms with Gasteiger partial charge in [0.15, 0.2) is 5.82 Å². The summed E-state index contributed by atoms with van der Waals surface area (Å²) in [6, 6.07) is 29.6. The molecule has 0 bridgehead atoms. The molecule has 0 N–H and O–H groups in total. The van der Waals surface area contributed by atoms with Crippen molar-refractivity contribution in [2.24, 2.45) is 0 Å². The van der Waals surface area contributed by atoms with Crippen molar-refractivity contribution < 1.29 is 0 Å². The van der Waals surface area contributed by atoms with Crippen molar-refractivity contribution in [3.63, 3.8) is 0 Å². The molecule has 0 atom stereocenters. The molecule has 1 heterocycles. The van der Waals surface area contributed by atoms with Gasteiger partial charge in [-0.05, 0) is 39.2 Å². The largest absolute Gasteiger partial charge is 0.237 e. The lowest BCUT2D eigenvalue weighted by molar-refractivity contribution is 1.18. The third-order valence-corrected chi connectivity index (χ3v) is 4.79. The molecule has 0 saturated heterocycles. The van der Waals surface area contributed by atoms with Crippen molar-refractivity contribution >= 4 is 21.5 Å². The van der Waals surface area contributed by atoms with Crippen LogP contribution in [0.4, 0.5) is 0 Å². The Kier molecular flexibility index (Phi) is 3.46. The molecule has 122 valence electrons. The van der Waals surface area contributed by atoms with Gasteiger partial charge in [-0.3, -0.25) is 0 Å². The first kappa shape index (κ1) is 14.8. The summed E-state index contributed by atoms with van der Waals surface area (Å²) in [7, 11) is 0. The van der Waals surface area contributed by atoms with Gasteiger partial charge in [-0.15, -0.1) is 0 Å². The van der Waals surface area contributed by atoms with Crippen LogP contribution in [-0.4, -0.2) is 9.97 Å². The average molecular weight is 332 g/mol. The van der Waals surface area contributed by atoms with Crippen molar-refractivity contribution in [3.8, 4) is 22.5 Å². The number of hydrogen-bond acceptors (Lipinski definition) is 2. The number of hydrogen-bond donors (Lipinski definition) is 0. The Bertz CT molecular complexity index is 1220. The van der Waals surface area contributed by atoms with E-state index in [4.69, 9.17) is 0 Å². The van der Waals surface area contributed by atoms with Crippen LogP contribution in [-0.2, 0) is 0 Å². The molecular formula is C24H16N2. The average Bonchev–Trinajstić information content (AvgIpc) is 2.73. The Labute approximate surface area is 151 Å². The lowest BCUT2D eigenvalue weighted by Crippen LogP contribution is -1.93. The zero-order valence-electron chi connectivity index (χ0n) is 14.1. The first-order valence-corrected chi connectivity index (χ1v) is 8.69. The topological polar surface area (TPSA) is 25.8 Å². The standard InChI is InChI=1S/C24H16N2/c1-3-10-19-17(7-1)9-5-12-21(19)23-20-11-4-2-8-18(20)13-14-22(23)24-25-15-6-16-26-24/h1-16H. The summed E-state index contributed by atoms with van der Waals surface area (Å²) in [4.78, 5) is 9.02. The Hall–Kier alpha value is -3.52. The molecule has 0 aliphatic heterocycles. The highest BCUT2D eigenvalue weighted by atomic mass is 14.9. The number of nitrogens with zero attached hydrogens (tertiary/aromatic N) is 2. The fourth-order valence-corrected chi connectivity index (χ4v) is 3.63. The van der Waals surface area contributed by atoms with E-state index in [-0.39, 0.29) is 0 Å². The van der Waals surface area contributed by atoms with Crippen LogP contribution in [0.1, 0.15) is 0 Å². The van der Waals surface area contributed by atoms with Crippen molar-refractivity contribution in [1.82, 2.24) is 9.97 Å². The number of benzene rings is 4. The van der Waals surface area contributed by atoms with Gasteiger partial charge in [0.05, 0.1) is 0 Å². The van der Waals surface area contributed by atoms with E-state index in [1.165, 1.54) is 32.7 Å². The Morgan fingerprint density at radius 3 is 1.92 bits per heavy atom. The summed E-state index contributed by atoms with van der Waals surface area (Å²) < 4.78 is 0. The summed E-state index contributed by atoms with van der Waals surface area (Å²) in [5, 5.41) is 4.91. The normalized spacial score (nSPS) is 11.1. The van der Waals surface area contributed by atoms with Gasteiger partial charge >= 0.3 is 0 Å². The number of aromatic nitrogens is 2. The SMILES string of the molecule is c1cnc(-c2ccc3ccccc3c2-c2cccc3ccccc23)nc1. The highest BCUT2D eigenvalue weighted by molar-refractivity contribution is 6.10. The molecule has 2 nitrogen and oxygen atoms in total. The highest BCUT2D eigenvalue weighted by Gasteiger charge is 2.15. The smallest absolute Gasteiger partial charge is 0.159 e. The number of fused-ring (bicyclic) bond motifs is 2. The summed E-state index contributed by atoms with van der Waals surface area (Å²) in [6.45, 7) is 0. The maximum Gasteiger partial charge on any atom is 0.159 e. The molecule has 5 rings (SSSR count). The maximum absolute atomic E-state index is 4.51. The van der Waals surface area contributed by atoms with Gasteiger partial charge in [-0.25, -0.2) is 9.97 Å². The van der Waals surface area contributed by atoms with E-state index in [0.29, 0.717) is 0 Å². The van der Waals surface area contributed by atoms with Gasteiger partial charge < -0.3 is 0 Å². The van der Waals surface area contributed by atoms with Crippen LogP contribution >= 0.6 is 0 Å². The zero-order chi connectivity index (χ0) is 17.3. The van der Waals surface area contributed by atoms with Crippen LogP contribution < -0.4 is 0 Å². The molecule has 0 saturated carbocycles. The van der Waals surface area contributed by atoms with Crippen LogP contribution in [0, 0.1) is 0 Å². The fraction of sp³-hybridized carbons (Fsp3) is 0. The maximum atomic E-state index is 4.51. The summed E-state index contributed by atoms with van der Waals surface area (Å²) in [5.74, 6) is 0.751. The predicted molar refractivity (Wildman–Crippen MR) is 108 cm³/mol. The molecule has 0 amide bonds. The van der Waals surface area contributed by atoms with Gasteiger partial charge in [-0.1, -0.05) is 72.8 Å². The molecule has 4 aromatic carbocycles. The van der Waals surface area contributed by atoms with E-state index in [9.17, 15) is 0 Å². The zero-order valence-corrected chi connectivity index (χ0v) is 14.1. The van der Waals surface area contributed by atoms with Gasteiger partial charge in [0.1, 0.15) is 0 Å². The second-order valence-electron chi connectivity index (χ2n) is 6.31. The van der Waals surface area contributed by atoms with E-state index in [2.05, 4.69) is 88.8 Å². The molecule has 0 fully saturated rings. The molecule has 0 radical (unpaired) electrons. The summed E-state index contributed by atoms with van der Waals surface area (Å²) in [6.07, 6.45) is 3.59. The monoisotopic (exact) mass is 332 g/mol. The Morgan fingerprint density at radius 2 is 1.12 bits per heavy atom. The quantitative estimate of drug-likeness (QED) is 0.389. The molecule has 0 aliphatic carbocycles. The second-order valence-corrected chi connectivity index (χ2v) is 6.31. The van der Waals surface area contributed by atoms with Crippen LogP contribution in [0.2, 0.25) is 0 Å². The highest BCUT2D eigenvalue weighted by Crippen LogP contribution is 2.39. The summed E-state index contributed by atoms with van der Waals surface area (Å²) >= 11 is 0. The van der Waals surface area contributed by atoms with Crippen molar-refractivity contribution in [3.05, 3.63) is 97.3 Å².